The first-order valence-electron chi connectivity index (χ1n) is 10.2. The van der Waals surface area contributed by atoms with Crippen molar-refractivity contribution in [1.29, 1.82) is 5.26 Å². The van der Waals surface area contributed by atoms with Gasteiger partial charge < -0.3 is 4.74 Å². The second kappa shape index (κ2) is 8.38. The molecule has 0 radical (unpaired) electrons. The Hall–Kier alpha value is -2.65. The Kier molecular flexibility index (Phi) is 6.09. The minimum Gasteiger partial charge on any atom is -0.423 e. The van der Waals surface area contributed by atoms with Crippen LogP contribution in [0.15, 0.2) is 30.3 Å². The van der Waals surface area contributed by atoms with Gasteiger partial charge in [0.25, 0.3) is 0 Å². The number of hydrogen-bond acceptors (Lipinski definition) is 4. The quantitative estimate of drug-likeness (QED) is 0.293. The molecule has 1 aliphatic carbocycles. The summed E-state index contributed by atoms with van der Waals surface area (Å²) in [4.78, 5) is 12.5. The van der Waals surface area contributed by atoms with Crippen molar-refractivity contribution < 1.29 is 9.53 Å². The number of carbonyl (C=O) groups excluding carboxylic acids is 1. The monoisotopic (exact) mass is 407 g/mol. The Morgan fingerprint density at radius 3 is 2.45 bits per heavy atom. The van der Waals surface area contributed by atoms with Crippen molar-refractivity contribution in [1.82, 2.24) is 9.78 Å². The first-order chi connectivity index (χ1) is 13.7. The lowest BCUT2D eigenvalue weighted by molar-refractivity contribution is -0.137. The van der Waals surface area contributed by atoms with Crippen LogP contribution in [-0.4, -0.2) is 23.8 Å². The third-order valence-corrected chi connectivity index (χ3v) is 7.25. The number of esters is 1. The number of rotatable bonds is 7. The van der Waals surface area contributed by atoms with Crippen LogP contribution in [0, 0.1) is 24.2 Å². The highest BCUT2D eigenvalue weighted by atomic mass is 28.3. The molecule has 6 heteroatoms. The first kappa shape index (κ1) is 21.1. The third-order valence-electron chi connectivity index (χ3n) is 5.18. The largest absolute Gasteiger partial charge is 0.423 e. The van der Waals surface area contributed by atoms with Crippen molar-refractivity contribution in [2.24, 2.45) is 5.92 Å². The van der Waals surface area contributed by atoms with Crippen LogP contribution in [0.4, 0.5) is 0 Å². The van der Waals surface area contributed by atoms with E-state index in [1.54, 1.807) is 4.68 Å². The zero-order chi connectivity index (χ0) is 21.2. The summed E-state index contributed by atoms with van der Waals surface area (Å²) in [5, 5.41) is 15.8. The van der Waals surface area contributed by atoms with E-state index in [9.17, 15) is 10.1 Å². The number of ether oxygens (including phenoxy) is 1. The molecule has 0 aliphatic heterocycles. The van der Waals surface area contributed by atoms with Crippen LogP contribution in [-0.2, 0) is 16.1 Å². The van der Waals surface area contributed by atoms with Crippen molar-refractivity contribution >= 4 is 30.6 Å². The lowest BCUT2D eigenvalue weighted by Crippen LogP contribution is -2.37. The smallest absolute Gasteiger partial charge is 0.311 e. The number of allylic oxidation sites excluding steroid dienone is 1. The first-order valence-corrected chi connectivity index (χ1v) is 13.7. The van der Waals surface area contributed by atoms with E-state index in [1.165, 1.54) is 5.19 Å². The standard InChI is InChI=1S/C23H29N3O2Si/c1-6-26-21(13-16(2)25-26)23(28-22(27)14-17-7-8-17)20(15-24)18-9-11-19(12-10-18)29(3,4)5/h9-13,17H,6-8,14H2,1-5H3/b23-20+. The zero-order valence-electron chi connectivity index (χ0n) is 18.0. The number of aryl methyl sites for hydroxylation is 2. The summed E-state index contributed by atoms with van der Waals surface area (Å²) >= 11 is 0. The number of aromatic nitrogens is 2. The predicted octanol–water partition coefficient (Wildman–Crippen LogP) is 4.49. The number of nitrogens with zero attached hydrogens (tertiary/aromatic N) is 3. The highest BCUT2D eigenvalue weighted by molar-refractivity contribution is 6.88. The van der Waals surface area contributed by atoms with Gasteiger partial charge in [0.1, 0.15) is 17.3 Å². The molecule has 1 saturated carbocycles. The lowest BCUT2D eigenvalue weighted by Gasteiger charge is -2.17. The lowest BCUT2D eigenvalue weighted by atomic mass is 10.0. The van der Waals surface area contributed by atoms with Crippen LogP contribution >= 0.6 is 0 Å². The molecule has 29 heavy (non-hydrogen) atoms. The molecule has 1 aromatic heterocycles. The fraction of sp³-hybridized carbons (Fsp3) is 0.435. The van der Waals surface area contributed by atoms with E-state index in [-0.39, 0.29) is 5.97 Å². The Morgan fingerprint density at radius 1 is 1.28 bits per heavy atom. The summed E-state index contributed by atoms with van der Waals surface area (Å²) in [5.74, 6) is 0.444. The Labute approximate surface area is 174 Å². The van der Waals surface area contributed by atoms with Crippen LogP contribution in [0.1, 0.15) is 43.1 Å². The van der Waals surface area contributed by atoms with E-state index in [4.69, 9.17) is 4.74 Å². The van der Waals surface area contributed by atoms with E-state index in [1.807, 2.05) is 32.0 Å². The minimum atomic E-state index is -1.44. The zero-order valence-corrected chi connectivity index (χ0v) is 19.0. The van der Waals surface area contributed by atoms with Gasteiger partial charge in [-0.3, -0.25) is 9.48 Å². The van der Waals surface area contributed by atoms with Crippen molar-refractivity contribution in [3.05, 3.63) is 47.3 Å². The molecule has 1 aliphatic rings. The van der Waals surface area contributed by atoms with Crippen molar-refractivity contribution in [3.8, 4) is 6.07 Å². The maximum Gasteiger partial charge on any atom is 0.311 e. The summed E-state index contributed by atoms with van der Waals surface area (Å²) < 4.78 is 7.59. The highest BCUT2D eigenvalue weighted by Gasteiger charge is 2.28. The average Bonchev–Trinajstić information content (AvgIpc) is 3.39. The summed E-state index contributed by atoms with van der Waals surface area (Å²) in [6.07, 6.45) is 2.54. The van der Waals surface area contributed by atoms with Crippen LogP contribution in [0.25, 0.3) is 11.3 Å². The van der Waals surface area contributed by atoms with Gasteiger partial charge in [-0.15, -0.1) is 0 Å². The topological polar surface area (TPSA) is 67.9 Å². The number of hydrogen-bond donors (Lipinski definition) is 0. The Bertz CT molecular complexity index is 971. The molecule has 1 heterocycles. The van der Waals surface area contributed by atoms with E-state index in [0.29, 0.717) is 35.9 Å². The molecule has 152 valence electrons. The van der Waals surface area contributed by atoms with Crippen LogP contribution in [0.2, 0.25) is 19.6 Å². The van der Waals surface area contributed by atoms with Gasteiger partial charge >= 0.3 is 5.97 Å². The molecule has 0 saturated heterocycles. The van der Waals surface area contributed by atoms with Gasteiger partial charge in [0.05, 0.1) is 13.8 Å². The third kappa shape index (κ3) is 5.04. The molecule has 0 unspecified atom stereocenters. The minimum absolute atomic E-state index is 0.282. The molecule has 5 nitrogen and oxygen atoms in total. The summed E-state index contributed by atoms with van der Waals surface area (Å²) in [6.45, 7) is 11.4. The number of benzene rings is 1. The van der Waals surface area contributed by atoms with Crippen molar-refractivity contribution in [2.45, 2.75) is 59.3 Å². The van der Waals surface area contributed by atoms with E-state index >= 15 is 0 Å². The van der Waals surface area contributed by atoms with Crippen LogP contribution in [0.5, 0.6) is 0 Å². The van der Waals surface area contributed by atoms with Crippen molar-refractivity contribution in [2.75, 3.05) is 0 Å². The number of nitriles is 1. The van der Waals surface area contributed by atoms with Crippen molar-refractivity contribution in [3.63, 3.8) is 0 Å². The van der Waals surface area contributed by atoms with E-state index in [0.717, 1.165) is 24.1 Å². The molecule has 0 atom stereocenters. The molecule has 0 spiro atoms. The predicted molar refractivity (Wildman–Crippen MR) is 118 cm³/mol. The molecule has 1 aromatic carbocycles. The molecule has 2 aromatic rings. The SMILES string of the molecule is CCn1nc(C)cc1/C(OC(=O)CC1CC1)=C(/C#N)c1ccc([Si](C)(C)C)cc1. The molecule has 0 bridgehead atoms. The van der Waals surface area contributed by atoms with Crippen LogP contribution < -0.4 is 5.19 Å². The van der Waals surface area contributed by atoms with Gasteiger partial charge in [0.2, 0.25) is 0 Å². The Balaban J connectivity index is 2.08. The molecule has 0 N–H and O–H groups in total. The summed E-state index contributed by atoms with van der Waals surface area (Å²) in [6, 6.07) is 12.2. The number of carbonyl (C=O) groups is 1. The maximum absolute atomic E-state index is 12.5. The second-order valence-corrected chi connectivity index (χ2v) is 13.8. The van der Waals surface area contributed by atoms with Gasteiger partial charge in [-0.05, 0) is 44.2 Å². The van der Waals surface area contributed by atoms with Gasteiger partial charge in [-0.2, -0.15) is 10.4 Å². The molecular weight excluding hydrogens is 378 g/mol. The van der Waals surface area contributed by atoms with Crippen LogP contribution in [0.3, 0.4) is 0 Å². The van der Waals surface area contributed by atoms with E-state index < -0.39 is 8.07 Å². The molecule has 1 fully saturated rings. The van der Waals surface area contributed by atoms with Gasteiger partial charge in [0.15, 0.2) is 5.76 Å². The molecular formula is C23H29N3O2Si. The fourth-order valence-corrected chi connectivity index (χ4v) is 4.46. The normalized spacial score (nSPS) is 14.9. The summed E-state index contributed by atoms with van der Waals surface area (Å²) in [7, 11) is -1.44. The van der Waals surface area contributed by atoms with Gasteiger partial charge in [0, 0.05) is 13.0 Å². The molecule has 0 amide bonds. The fourth-order valence-electron chi connectivity index (χ4n) is 3.30. The summed E-state index contributed by atoms with van der Waals surface area (Å²) in [5.41, 5.74) is 2.61. The highest BCUT2D eigenvalue weighted by Crippen LogP contribution is 2.34. The average molecular weight is 408 g/mol. The van der Waals surface area contributed by atoms with Gasteiger partial charge in [-0.25, -0.2) is 0 Å². The molecule has 3 rings (SSSR count). The maximum atomic E-state index is 12.5. The van der Waals surface area contributed by atoms with Gasteiger partial charge in [-0.1, -0.05) is 49.1 Å². The van der Waals surface area contributed by atoms with E-state index in [2.05, 4.69) is 42.9 Å². The Morgan fingerprint density at radius 2 is 1.93 bits per heavy atom. The second-order valence-electron chi connectivity index (χ2n) is 8.75.